The number of pyridine rings is 1. The van der Waals surface area contributed by atoms with Gasteiger partial charge in [-0.15, -0.1) is 0 Å². The van der Waals surface area contributed by atoms with E-state index in [1.165, 1.54) is 0 Å². The molecule has 1 unspecified atom stereocenters. The molecule has 0 spiro atoms. The van der Waals surface area contributed by atoms with Crippen molar-refractivity contribution in [2.45, 2.75) is 40.2 Å². The number of carbonyl (C=O) groups is 1. The van der Waals surface area contributed by atoms with Gasteiger partial charge in [0.2, 0.25) is 0 Å². The highest BCUT2D eigenvalue weighted by Crippen LogP contribution is 2.21. The summed E-state index contributed by atoms with van der Waals surface area (Å²) in [7, 11) is 0. The lowest BCUT2D eigenvalue weighted by Crippen LogP contribution is -2.38. The first-order chi connectivity index (χ1) is 8.78. The molecule has 0 saturated carbocycles. The highest BCUT2D eigenvalue weighted by molar-refractivity contribution is 5.89. The summed E-state index contributed by atoms with van der Waals surface area (Å²) in [5, 5.41) is 15.0. The van der Waals surface area contributed by atoms with E-state index < -0.39 is 0 Å². The molecule has 0 aliphatic carbocycles. The summed E-state index contributed by atoms with van der Waals surface area (Å²) in [6.07, 6.45) is 1.92. The average Bonchev–Trinajstić information content (AvgIpc) is 2.25. The van der Waals surface area contributed by atoms with Gasteiger partial charge in [-0.25, -0.2) is 4.79 Å². The molecule has 0 fully saturated rings. The standard InChI is InChI=1S/C14H23N3O2/c1-10-7-12(5-6-15-10)17-13(19)16-9-14(3,4)8-11(2)18/h5-7,11,18H,8-9H2,1-4H3,(H2,15,16,17,19). The van der Waals surface area contributed by atoms with Crippen LogP contribution in [0, 0.1) is 12.3 Å². The molecule has 1 aromatic rings. The SMILES string of the molecule is Cc1cc(NC(=O)NCC(C)(C)CC(C)O)ccn1. The zero-order chi connectivity index (χ0) is 14.5. The van der Waals surface area contributed by atoms with Gasteiger partial charge in [0.05, 0.1) is 6.10 Å². The molecule has 1 heterocycles. The summed E-state index contributed by atoms with van der Waals surface area (Å²) in [6.45, 7) is 8.15. The summed E-state index contributed by atoms with van der Waals surface area (Å²) >= 11 is 0. The Balaban J connectivity index is 2.44. The molecular formula is C14H23N3O2. The number of aliphatic hydroxyl groups is 1. The second-order valence-corrected chi connectivity index (χ2v) is 5.71. The van der Waals surface area contributed by atoms with Gasteiger partial charge in [0.1, 0.15) is 0 Å². The van der Waals surface area contributed by atoms with Crippen LogP contribution in [-0.4, -0.2) is 28.8 Å². The van der Waals surface area contributed by atoms with E-state index in [4.69, 9.17) is 0 Å². The fourth-order valence-corrected chi connectivity index (χ4v) is 1.99. The van der Waals surface area contributed by atoms with Crippen LogP contribution in [-0.2, 0) is 0 Å². The third-order valence-electron chi connectivity index (χ3n) is 2.73. The summed E-state index contributed by atoms with van der Waals surface area (Å²) in [5.74, 6) is 0. The largest absolute Gasteiger partial charge is 0.393 e. The van der Waals surface area contributed by atoms with Crippen LogP contribution in [0.25, 0.3) is 0 Å². The second kappa shape index (κ2) is 6.52. The number of aryl methyl sites for hydroxylation is 1. The topological polar surface area (TPSA) is 74.2 Å². The van der Waals surface area contributed by atoms with Crippen molar-refractivity contribution in [2.75, 3.05) is 11.9 Å². The number of amides is 2. The molecule has 0 radical (unpaired) electrons. The molecule has 0 aromatic carbocycles. The fourth-order valence-electron chi connectivity index (χ4n) is 1.99. The second-order valence-electron chi connectivity index (χ2n) is 5.71. The number of nitrogens with zero attached hydrogens (tertiary/aromatic N) is 1. The van der Waals surface area contributed by atoms with Crippen LogP contribution in [0.3, 0.4) is 0 Å². The summed E-state index contributed by atoms with van der Waals surface area (Å²) in [4.78, 5) is 15.8. The van der Waals surface area contributed by atoms with E-state index in [1.807, 2.05) is 20.8 Å². The number of aliphatic hydroxyl groups excluding tert-OH is 1. The maximum atomic E-state index is 11.8. The third kappa shape index (κ3) is 6.20. The Morgan fingerprint density at radius 1 is 1.53 bits per heavy atom. The fraction of sp³-hybridized carbons (Fsp3) is 0.571. The van der Waals surface area contributed by atoms with Crippen LogP contribution in [0.1, 0.15) is 32.9 Å². The smallest absolute Gasteiger partial charge is 0.319 e. The quantitative estimate of drug-likeness (QED) is 0.764. The van der Waals surface area contributed by atoms with E-state index >= 15 is 0 Å². The summed E-state index contributed by atoms with van der Waals surface area (Å²) in [6, 6.07) is 3.30. The normalized spacial score (nSPS) is 12.9. The van der Waals surface area contributed by atoms with Gasteiger partial charge in [-0.2, -0.15) is 0 Å². The Kier molecular flexibility index (Phi) is 5.30. The van der Waals surface area contributed by atoms with Crippen LogP contribution in [0.2, 0.25) is 0 Å². The molecule has 2 amide bonds. The molecule has 1 rings (SSSR count). The van der Waals surface area contributed by atoms with Crippen molar-refractivity contribution < 1.29 is 9.90 Å². The van der Waals surface area contributed by atoms with Crippen molar-refractivity contribution in [3.05, 3.63) is 24.0 Å². The monoisotopic (exact) mass is 265 g/mol. The number of hydrogen-bond donors (Lipinski definition) is 3. The van der Waals surface area contributed by atoms with E-state index in [0.29, 0.717) is 13.0 Å². The lowest BCUT2D eigenvalue weighted by atomic mass is 9.87. The van der Waals surface area contributed by atoms with Crippen molar-refractivity contribution in [3.8, 4) is 0 Å². The minimum absolute atomic E-state index is 0.139. The molecule has 0 saturated heterocycles. The number of hydrogen-bond acceptors (Lipinski definition) is 3. The molecule has 5 heteroatoms. The highest BCUT2D eigenvalue weighted by Gasteiger charge is 2.21. The molecule has 106 valence electrons. The Labute approximate surface area is 114 Å². The Morgan fingerprint density at radius 2 is 2.21 bits per heavy atom. The number of aromatic nitrogens is 1. The molecule has 0 aliphatic heterocycles. The number of anilines is 1. The molecule has 3 N–H and O–H groups in total. The molecule has 1 aromatic heterocycles. The van der Waals surface area contributed by atoms with Gasteiger partial charge < -0.3 is 15.7 Å². The first-order valence-corrected chi connectivity index (χ1v) is 6.44. The maximum Gasteiger partial charge on any atom is 0.319 e. The van der Waals surface area contributed by atoms with Crippen LogP contribution in [0.4, 0.5) is 10.5 Å². The predicted molar refractivity (Wildman–Crippen MR) is 76.1 cm³/mol. The maximum absolute atomic E-state index is 11.8. The van der Waals surface area contributed by atoms with Crippen LogP contribution < -0.4 is 10.6 Å². The van der Waals surface area contributed by atoms with Gasteiger partial charge in [0, 0.05) is 24.1 Å². The number of urea groups is 1. The van der Waals surface area contributed by atoms with Gasteiger partial charge in [-0.1, -0.05) is 13.8 Å². The van der Waals surface area contributed by atoms with Crippen molar-refractivity contribution in [2.24, 2.45) is 5.41 Å². The summed E-state index contributed by atoms with van der Waals surface area (Å²) in [5.41, 5.74) is 1.44. The number of carbonyl (C=O) groups excluding carboxylic acids is 1. The van der Waals surface area contributed by atoms with Gasteiger partial charge in [-0.05, 0) is 37.8 Å². The lowest BCUT2D eigenvalue weighted by molar-refractivity contribution is 0.129. The Bertz CT molecular complexity index is 430. The number of nitrogens with one attached hydrogen (secondary N) is 2. The first-order valence-electron chi connectivity index (χ1n) is 6.44. The van der Waals surface area contributed by atoms with E-state index in [-0.39, 0.29) is 17.6 Å². The Hall–Kier alpha value is -1.62. The zero-order valence-electron chi connectivity index (χ0n) is 12.0. The van der Waals surface area contributed by atoms with Crippen molar-refractivity contribution in [3.63, 3.8) is 0 Å². The van der Waals surface area contributed by atoms with Gasteiger partial charge in [-0.3, -0.25) is 4.98 Å². The van der Waals surface area contributed by atoms with Gasteiger partial charge in [0.15, 0.2) is 0 Å². The van der Waals surface area contributed by atoms with Crippen LogP contribution >= 0.6 is 0 Å². The van der Waals surface area contributed by atoms with Crippen molar-refractivity contribution >= 4 is 11.7 Å². The van der Waals surface area contributed by atoms with Gasteiger partial charge in [0.25, 0.3) is 0 Å². The molecule has 19 heavy (non-hydrogen) atoms. The predicted octanol–water partition coefficient (Wildman–Crippen LogP) is 2.31. The molecule has 0 bridgehead atoms. The first kappa shape index (κ1) is 15.4. The third-order valence-corrected chi connectivity index (χ3v) is 2.73. The van der Waals surface area contributed by atoms with E-state index in [0.717, 1.165) is 11.4 Å². The highest BCUT2D eigenvalue weighted by atomic mass is 16.3. The van der Waals surface area contributed by atoms with Crippen LogP contribution in [0.5, 0.6) is 0 Å². The zero-order valence-corrected chi connectivity index (χ0v) is 12.0. The molecular weight excluding hydrogens is 242 g/mol. The minimum Gasteiger partial charge on any atom is -0.393 e. The average molecular weight is 265 g/mol. The number of rotatable bonds is 5. The Morgan fingerprint density at radius 3 is 2.79 bits per heavy atom. The van der Waals surface area contributed by atoms with E-state index in [2.05, 4.69) is 15.6 Å². The molecule has 5 nitrogen and oxygen atoms in total. The van der Waals surface area contributed by atoms with Crippen molar-refractivity contribution in [1.82, 2.24) is 10.3 Å². The molecule has 0 aliphatic rings. The summed E-state index contributed by atoms with van der Waals surface area (Å²) < 4.78 is 0. The molecule has 1 atom stereocenters. The minimum atomic E-state index is -0.372. The van der Waals surface area contributed by atoms with Gasteiger partial charge >= 0.3 is 6.03 Å². The van der Waals surface area contributed by atoms with Crippen LogP contribution in [0.15, 0.2) is 18.3 Å². The van der Waals surface area contributed by atoms with E-state index in [9.17, 15) is 9.90 Å². The van der Waals surface area contributed by atoms with E-state index in [1.54, 1.807) is 25.3 Å². The lowest BCUT2D eigenvalue weighted by Gasteiger charge is -2.26. The van der Waals surface area contributed by atoms with Crippen molar-refractivity contribution in [1.29, 1.82) is 0 Å².